The highest BCUT2D eigenvalue weighted by molar-refractivity contribution is 5.59. The molecule has 0 spiro atoms. The van der Waals surface area contributed by atoms with Crippen LogP contribution in [-0.2, 0) is 16.1 Å². The normalized spacial score (nSPS) is 9.38. The smallest absolute Gasteiger partial charge is 0.438 e. The first-order chi connectivity index (χ1) is 6.22. The average Bonchev–Trinajstić information content (AvgIpc) is 2.14. The van der Waals surface area contributed by atoms with Crippen molar-refractivity contribution in [3.05, 3.63) is 29.6 Å². The topological polar surface area (TPSA) is 48.4 Å². The molecular formula is C9H11NO3. The molecule has 4 nitrogen and oxygen atoms in total. The van der Waals surface area contributed by atoms with Crippen molar-refractivity contribution in [2.75, 3.05) is 7.11 Å². The second-order valence-electron chi connectivity index (χ2n) is 2.57. The predicted molar refractivity (Wildman–Crippen MR) is 46.2 cm³/mol. The van der Waals surface area contributed by atoms with E-state index in [0.717, 1.165) is 5.56 Å². The van der Waals surface area contributed by atoms with E-state index in [9.17, 15) is 4.79 Å². The summed E-state index contributed by atoms with van der Waals surface area (Å²) in [5.74, 6) is 0. The highest BCUT2D eigenvalue weighted by Gasteiger charge is 2.01. The van der Waals surface area contributed by atoms with Crippen molar-refractivity contribution in [3.63, 3.8) is 0 Å². The number of rotatable bonds is 2. The van der Waals surface area contributed by atoms with Gasteiger partial charge in [0.05, 0.1) is 12.8 Å². The summed E-state index contributed by atoms with van der Waals surface area (Å²) in [6.45, 7) is 2.09. The van der Waals surface area contributed by atoms with Crippen LogP contribution < -0.4 is 0 Å². The van der Waals surface area contributed by atoms with Crippen LogP contribution in [0.15, 0.2) is 18.3 Å². The molecular weight excluding hydrogens is 170 g/mol. The van der Waals surface area contributed by atoms with Gasteiger partial charge in [0.15, 0.2) is 0 Å². The third-order valence-corrected chi connectivity index (χ3v) is 1.48. The third-order valence-electron chi connectivity index (χ3n) is 1.48. The Morgan fingerprint density at radius 2 is 2.38 bits per heavy atom. The molecule has 1 heterocycles. The first-order valence-corrected chi connectivity index (χ1v) is 3.84. The summed E-state index contributed by atoms with van der Waals surface area (Å²) in [6, 6.07) is 3.73. The van der Waals surface area contributed by atoms with E-state index in [1.54, 1.807) is 6.20 Å². The number of carbonyl (C=O) groups excluding carboxylic acids is 1. The number of ether oxygens (including phenoxy) is 2. The fourth-order valence-electron chi connectivity index (χ4n) is 0.869. The highest BCUT2D eigenvalue weighted by Crippen LogP contribution is 2.01. The molecule has 13 heavy (non-hydrogen) atoms. The average molecular weight is 181 g/mol. The predicted octanol–water partition coefficient (Wildman–Crippen LogP) is 1.67. The summed E-state index contributed by atoms with van der Waals surface area (Å²) in [7, 11) is 1.27. The molecule has 0 saturated heterocycles. The zero-order valence-corrected chi connectivity index (χ0v) is 7.61. The summed E-state index contributed by atoms with van der Waals surface area (Å²) in [5, 5.41) is 0. The maximum absolute atomic E-state index is 10.6. The van der Waals surface area contributed by atoms with Crippen molar-refractivity contribution in [3.8, 4) is 0 Å². The Bertz CT molecular complexity index is 299. The zero-order valence-electron chi connectivity index (χ0n) is 7.61. The maximum atomic E-state index is 10.6. The molecule has 0 amide bonds. The van der Waals surface area contributed by atoms with E-state index in [4.69, 9.17) is 4.74 Å². The summed E-state index contributed by atoms with van der Waals surface area (Å²) < 4.78 is 9.02. The number of aromatic nitrogens is 1. The number of hydrogen-bond donors (Lipinski definition) is 0. The van der Waals surface area contributed by atoms with E-state index in [-0.39, 0.29) is 6.61 Å². The molecule has 0 atom stereocenters. The number of nitrogens with zero attached hydrogens (tertiary/aromatic N) is 1. The van der Waals surface area contributed by atoms with Crippen molar-refractivity contribution in [2.24, 2.45) is 0 Å². The van der Waals surface area contributed by atoms with E-state index in [1.807, 2.05) is 19.1 Å². The summed E-state index contributed by atoms with van der Waals surface area (Å²) in [6.07, 6.45) is 0.981. The SMILES string of the molecule is COC(=O)OCc1cc(C)ccn1. The Morgan fingerprint density at radius 1 is 1.62 bits per heavy atom. The number of methoxy groups -OCH3 is 1. The summed E-state index contributed by atoms with van der Waals surface area (Å²) in [5.41, 5.74) is 1.80. The van der Waals surface area contributed by atoms with Gasteiger partial charge < -0.3 is 9.47 Å². The van der Waals surface area contributed by atoms with Crippen LogP contribution in [-0.4, -0.2) is 18.2 Å². The van der Waals surface area contributed by atoms with Gasteiger partial charge in [-0.3, -0.25) is 4.98 Å². The van der Waals surface area contributed by atoms with Gasteiger partial charge >= 0.3 is 6.16 Å². The first-order valence-electron chi connectivity index (χ1n) is 3.84. The van der Waals surface area contributed by atoms with E-state index in [2.05, 4.69) is 9.72 Å². The van der Waals surface area contributed by atoms with Crippen molar-refractivity contribution >= 4 is 6.16 Å². The van der Waals surface area contributed by atoms with Crippen LogP contribution in [0.1, 0.15) is 11.3 Å². The molecule has 0 radical (unpaired) electrons. The van der Waals surface area contributed by atoms with Gasteiger partial charge in [-0.1, -0.05) is 0 Å². The van der Waals surface area contributed by atoms with Gasteiger partial charge in [-0.2, -0.15) is 0 Å². The van der Waals surface area contributed by atoms with Crippen molar-refractivity contribution in [2.45, 2.75) is 13.5 Å². The lowest BCUT2D eigenvalue weighted by atomic mass is 10.2. The fraction of sp³-hybridized carbons (Fsp3) is 0.333. The number of hydrogen-bond acceptors (Lipinski definition) is 4. The van der Waals surface area contributed by atoms with Gasteiger partial charge in [0.25, 0.3) is 0 Å². The first kappa shape index (κ1) is 9.51. The van der Waals surface area contributed by atoms with Crippen LogP contribution in [0, 0.1) is 6.92 Å². The van der Waals surface area contributed by atoms with Gasteiger partial charge in [-0.15, -0.1) is 0 Å². The van der Waals surface area contributed by atoms with E-state index in [1.165, 1.54) is 7.11 Å². The third kappa shape index (κ3) is 3.11. The molecule has 0 aliphatic heterocycles. The second kappa shape index (κ2) is 4.45. The molecule has 0 aromatic carbocycles. The van der Waals surface area contributed by atoms with Crippen LogP contribution in [0.25, 0.3) is 0 Å². The molecule has 0 aliphatic rings. The Kier molecular flexibility index (Phi) is 3.25. The Labute approximate surface area is 76.5 Å². The summed E-state index contributed by atoms with van der Waals surface area (Å²) in [4.78, 5) is 14.6. The molecule has 0 unspecified atom stereocenters. The van der Waals surface area contributed by atoms with Gasteiger partial charge in [0, 0.05) is 6.20 Å². The Hall–Kier alpha value is -1.58. The number of aryl methyl sites for hydroxylation is 1. The van der Waals surface area contributed by atoms with E-state index in [0.29, 0.717) is 5.69 Å². The van der Waals surface area contributed by atoms with Gasteiger partial charge in [0.2, 0.25) is 0 Å². The minimum atomic E-state index is -0.691. The van der Waals surface area contributed by atoms with Gasteiger partial charge in [-0.05, 0) is 24.6 Å². The van der Waals surface area contributed by atoms with Crippen molar-refractivity contribution < 1.29 is 14.3 Å². The van der Waals surface area contributed by atoms with Crippen LogP contribution >= 0.6 is 0 Å². The molecule has 70 valence electrons. The molecule has 0 saturated carbocycles. The highest BCUT2D eigenvalue weighted by atomic mass is 16.7. The molecule has 0 fully saturated rings. The Balaban J connectivity index is 2.50. The van der Waals surface area contributed by atoms with Crippen molar-refractivity contribution in [1.29, 1.82) is 0 Å². The molecule has 0 bridgehead atoms. The lowest BCUT2D eigenvalue weighted by Crippen LogP contribution is -2.05. The van der Waals surface area contributed by atoms with Crippen LogP contribution in [0.3, 0.4) is 0 Å². The van der Waals surface area contributed by atoms with Crippen LogP contribution in [0.2, 0.25) is 0 Å². The largest absolute Gasteiger partial charge is 0.508 e. The minimum Gasteiger partial charge on any atom is -0.438 e. The lowest BCUT2D eigenvalue weighted by Gasteiger charge is -2.02. The molecule has 0 N–H and O–H groups in total. The monoisotopic (exact) mass is 181 g/mol. The van der Waals surface area contributed by atoms with Gasteiger partial charge in [0.1, 0.15) is 6.61 Å². The van der Waals surface area contributed by atoms with Crippen LogP contribution in [0.4, 0.5) is 4.79 Å². The molecule has 1 rings (SSSR count). The molecule has 0 aliphatic carbocycles. The van der Waals surface area contributed by atoms with Gasteiger partial charge in [-0.25, -0.2) is 4.79 Å². The zero-order chi connectivity index (χ0) is 9.68. The summed E-state index contributed by atoms with van der Waals surface area (Å²) >= 11 is 0. The van der Waals surface area contributed by atoms with Crippen molar-refractivity contribution in [1.82, 2.24) is 4.98 Å². The van der Waals surface area contributed by atoms with E-state index >= 15 is 0 Å². The fourth-order valence-corrected chi connectivity index (χ4v) is 0.869. The standard InChI is InChI=1S/C9H11NO3/c1-7-3-4-10-8(5-7)6-13-9(11)12-2/h3-5H,6H2,1-2H3. The van der Waals surface area contributed by atoms with E-state index < -0.39 is 6.16 Å². The quantitative estimate of drug-likeness (QED) is 0.651. The lowest BCUT2D eigenvalue weighted by molar-refractivity contribution is 0.0659. The van der Waals surface area contributed by atoms with Crippen LogP contribution in [0.5, 0.6) is 0 Å². The number of carbonyl (C=O) groups is 1. The molecule has 1 aromatic rings. The second-order valence-corrected chi connectivity index (χ2v) is 2.57. The maximum Gasteiger partial charge on any atom is 0.508 e. The molecule has 1 aromatic heterocycles. The number of pyridine rings is 1. The minimum absolute atomic E-state index is 0.147. The Morgan fingerprint density at radius 3 is 3.00 bits per heavy atom. The molecule has 4 heteroatoms.